The Morgan fingerprint density at radius 2 is 1.57 bits per heavy atom. The van der Waals surface area contributed by atoms with Crippen molar-refractivity contribution in [3.8, 4) is 5.75 Å². The monoisotopic (exact) mass is 625 g/mol. The first-order valence-electron chi connectivity index (χ1n) is 15.0. The lowest BCUT2D eigenvalue weighted by Crippen LogP contribution is -2.27. The lowest BCUT2D eigenvalue weighted by atomic mass is 10.1. The summed E-state index contributed by atoms with van der Waals surface area (Å²) < 4.78 is 11.2. The van der Waals surface area contributed by atoms with E-state index in [9.17, 15) is 19.5 Å². The van der Waals surface area contributed by atoms with Gasteiger partial charge in [0.1, 0.15) is 17.4 Å². The number of rotatable bonds is 12. The highest BCUT2D eigenvalue weighted by Crippen LogP contribution is 2.21. The number of amides is 3. The van der Waals surface area contributed by atoms with Crippen LogP contribution in [0.4, 0.5) is 11.4 Å². The van der Waals surface area contributed by atoms with Crippen molar-refractivity contribution in [3.63, 3.8) is 0 Å². The summed E-state index contributed by atoms with van der Waals surface area (Å²) in [5.41, 5.74) is 2.56. The highest BCUT2D eigenvalue weighted by Gasteiger charge is 2.26. The fraction of sp³-hybridized carbons (Fsp3) is 0.273. The molecule has 13 nitrogen and oxygen atoms in total. The number of phenols is 1. The number of fused-ring (bicyclic) bond motifs is 1. The van der Waals surface area contributed by atoms with Crippen molar-refractivity contribution < 1.29 is 29.0 Å². The van der Waals surface area contributed by atoms with Gasteiger partial charge in [-0.15, -0.1) is 0 Å². The number of aromatic hydroxyl groups is 1. The second kappa shape index (κ2) is 16.1. The first-order valence-corrected chi connectivity index (χ1v) is 15.0. The van der Waals surface area contributed by atoms with Crippen LogP contribution in [0.5, 0.6) is 5.75 Å². The zero-order chi connectivity index (χ0) is 32.1. The predicted molar refractivity (Wildman–Crippen MR) is 175 cm³/mol. The Morgan fingerprint density at radius 3 is 2.37 bits per heavy atom. The Bertz CT molecular complexity index is 1640. The summed E-state index contributed by atoms with van der Waals surface area (Å²) in [5.74, 6) is 0.703. The Kier molecular flexibility index (Phi) is 11.2. The van der Waals surface area contributed by atoms with Crippen LogP contribution in [0.25, 0.3) is 0 Å². The molecule has 0 unspecified atom stereocenters. The average Bonchev–Trinajstić information content (AvgIpc) is 3.33. The molecular formula is C33H35N7O6. The van der Waals surface area contributed by atoms with Crippen LogP contribution in [-0.4, -0.2) is 80.0 Å². The molecule has 238 valence electrons. The molecule has 3 aromatic carbocycles. The summed E-state index contributed by atoms with van der Waals surface area (Å²) in [6, 6.07) is 20.5. The second-order valence-corrected chi connectivity index (χ2v) is 10.3. The Morgan fingerprint density at radius 1 is 0.826 bits per heavy atom. The van der Waals surface area contributed by atoms with Crippen LogP contribution in [0.1, 0.15) is 50.3 Å². The number of anilines is 2. The van der Waals surface area contributed by atoms with E-state index >= 15 is 0 Å². The minimum atomic E-state index is -0.429. The first kappa shape index (κ1) is 32.0. The van der Waals surface area contributed by atoms with Gasteiger partial charge in [0.2, 0.25) is 5.96 Å². The summed E-state index contributed by atoms with van der Waals surface area (Å²) in [4.78, 5) is 50.1. The van der Waals surface area contributed by atoms with Crippen LogP contribution in [0.15, 0.2) is 87.8 Å². The maximum Gasteiger partial charge on any atom is 0.259 e. The van der Waals surface area contributed by atoms with Gasteiger partial charge >= 0.3 is 0 Å². The van der Waals surface area contributed by atoms with Crippen molar-refractivity contribution >= 4 is 46.7 Å². The molecule has 0 atom stereocenters. The Hall–Kier alpha value is -5.40. The molecule has 0 spiro atoms. The second-order valence-electron chi connectivity index (χ2n) is 10.3. The molecule has 0 saturated heterocycles. The zero-order valence-corrected chi connectivity index (χ0v) is 25.1. The summed E-state index contributed by atoms with van der Waals surface area (Å²) in [6.07, 6.45) is 1.90. The summed E-state index contributed by atoms with van der Waals surface area (Å²) in [5, 5.41) is 21.2. The number of guanidine groups is 1. The molecule has 5 N–H and O–H groups in total. The number of amidine groups is 2. The zero-order valence-electron chi connectivity index (χ0n) is 25.1. The molecule has 0 saturated carbocycles. The van der Waals surface area contributed by atoms with Crippen LogP contribution in [-0.2, 0) is 9.47 Å². The summed E-state index contributed by atoms with van der Waals surface area (Å²) in [6.45, 7) is 2.37. The van der Waals surface area contributed by atoms with Gasteiger partial charge in [0, 0.05) is 36.3 Å². The smallest absolute Gasteiger partial charge is 0.259 e. The number of carbonyl (C=O) groups excluding carboxylic acids is 3. The normalized spacial score (nSPS) is 15.3. The molecule has 0 aromatic heterocycles. The molecule has 46 heavy (non-hydrogen) atoms. The van der Waals surface area contributed by atoms with Gasteiger partial charge in [-0.3, -0.25) is 24.7 Å². The van der Waals surface area contributed by atoms with Gasteiger partial charge in [0.05, 0.1) is 44.1 Å². The van der Waals surface area contributed by atoms with E-state index < -0.39 is 11.8 Å². The van der Waals surface area contributed by atoms with E-state index in [2.05, 4.69) is 31.3 Å². The van der Waals surface area contributed by atoms with Gasteiger partial charge in [-0.1, -0.05) is 18.2 Å². The van der Waals surface area contributed by atoms with Gasteiger partial charge < -0.3 is 30.5 Å². The maximum absolute atomic E-state index is 12.1. The third-order valence-electron chi connectivity index (χ3n) is 6.91. The van der Waals surface area contributed by atoms with Crippen LogP contribution >= 0.6 is 0 Å². The van der Waals surface area contributed by atoms with Crippen molar-refractivity contribution in [2.24, 2.45) is 15.0 Å². The van der Waals surface area contributed by atoms with E-state index in [1.165, 1.54) is 0 Å². The molecule has 0 fully saturated rings. The van der Waals surface area contributed by atoms with Crippen molar-refractivity contribution in [1.29, 1.82) is 0 Å². The lowest BCUT2D eigenvalue weighted by molar-refractivity contribution is 0.0512. The molecule has 13 heteroatoms. The van der Waals surface area contributed by atoms with Crippen LogP contribution in [0.2, 0.25) is 0 Å². The number of imide groups is 1. The largest absolute Gasteiger partial charge is 0.508 e. The lowest BCUT2D eigenvalue weighted by Gasteiger charge is -2.16. The molecule has 5 rings (SSSR count). The fourth-order valence-electron chi connectivity index (χ4n) is 4.64. The maximum atomic E-state index is 12.1. The number of benzene rings is 3. The summed E-state index contributed by atoms with van der Waals surface area (Å²) in [7, 11) is 0. The number of aliphatic imine (C=N–C) groups is 3. The van der Waals surface area contributed by atoms with Gasteiger partial charge in [-0.05, 0) is 61.0 Å². The Balaban J connectivity index is 1.12. The van der Waals surface area contributed by atoms with Crippen molar-refractivity contribution in [3.05, 3.63) is 89.5 Å². The number of nitrogens with zero attached hydrogens (tertiary/aromatic N) is 3. The number of carbonyl (C=O) groups is 3. The third-order valence-corrected chi connectivity index (χ3v) is 6.91. The van der Waals surface area contributed by atoms with Gasteiger partial charge in [-0.25, -0.2) is 0 Å². The Labute approximate surface area is 265 Å². The standard InChI is InChI=1S/C33H35N7O6/c41-25-12-9-23(10-13-25)37-33-38-28(34-15-17-45-19-20-46-18-16-35-30(42)22-5-2-1-3-6-22)7-4-8-29(39-33)36-24-11-14-26-27(21-24)32(44)40-31(26)43/h1-3,5-6,9-14,21,41H,4,7-8,15-20H2,(H,35,42)(H,40,43,44)(H2,34,36,37,38,39). The highest BCUT2D eigenvalue weighted by molar-refractivity contribution is 6.22. The number of nitrogens with one attached hydrogen (secondary N) is 4. The van der Waals surface area contributed by atoms with E-state index in [4.69, 9.17) is 14.5 Å². The van der Waals surface area contributed by atoms with E-state index in [1.807, 2.05) is 18.2 Å². The van der Waals surface area contributed by atoms with Gasteiger partial charge in [0.15, 0.2) is 0 Å². The predicted octanol–water partition coefficient (Wildman–Crippen LogP) is 3.60. The molecule has 0 radical (unpaired) electrons. The van der Waals surface area contributed by atoms with Crippen LogP contribution in [0, 0.1) is 0 Å². The van der Waals surface area contributed by atoms with Crippen molar-refractivity contribution in [2.45, 2.75) is 19.3 Å². The molecular weight excluding hydrogens is 590 g/mol. The number of hydrogen-bond donors (Lipinski definition) is 5. The average molecular weight is 626 g/mol. The van der Waals surface area contributed by atoms with Crippen molar-refractivity contribution in [1.82, 2.24) is 10.6 Å². The molecule has 0 aliphatic carbocycles. The molecule has 2 aliphatic rings. The first-order chi connectivity index (χ1) is 22.4. The molecule has 3 amide bonds. The molecule has 2 heterocycles. The summed E-state index contributed by atoms with van der Waals surface area (Å²) >= 11 is 0. The quantitative estimate of drug-likeness (QED) is 0.115. The molecule has 3 aromatic rings. The molecule has 0 bridgehead atoms. The van der Waals surface area contributed by atoms with Gasteiger partial charge in [-0.2, -0.15) is 9.98 Å². The third kappa shape index (κ3) is 9.30. The topological polar surface area (TPSA) is 175 Å². The molecule has 2 aliphatic heterocycles. The van der Waals surface area contributed by atoms with Gasteiger partial charge in [0.25, 0.3) is 17.7 Å². The van der Waals surface area contributed by atoms with Crippen LogP contribution < -0.4 is 21.3 Å². The number of ether oxygens (including phenoxy) is 2. The number of hydrogen-bond acceptors (Lipinski definition) is 10. The SMILES string of the molecule is O=C(NCCOCCOCCN=C1CCCC(Nc2ccc3c(c2)C(=O)NC3=O)=NC(Nc2ccc(O)cc2)=N1)c1ccccc1. The van der Waals surface area contributed by atoms with Crippen LogP contribution in [0.3, 0.4) is 0 Å². The fourth-order valence-corrected chi connectivity index (χ4v) is 4.64. The van der Waals surface area contributed by atoms with E-state index in [0.29, 0.717) is 98.1 Å². The van der Waals surface area contributed by atoms with E-state index in [0.717, 1.165) is 6.42 Å². The minimum Gasteiger partial charge on any atom is -0.508 e. The van der Waals surface area contributed by atoms with E-state index in [1.54, 1.807) is 54.6 Å². The minimum absolute atomic E-state index is 0.135. The highest BCUT2D eigenvalue weighted by atomic mass is 16.5. The number of phenolic OH excluding ortho intramolecular Hbond substituents is 1. The van der Waals surface area contributed by atoms with Crippen molar-refractivity contribution in [2.75, 3.05) is 50.2 Å². The van der Waals surface area contributed by atoms with E-state index in [-0.39, 0.29) is 11.7 Å².